The van der Waals surface area contributed by atoms with Gasteiger partial charge >= 0.3 is 0 Å². The monoisotopic (exact) mass is 476 g/mol. The molecule has 0 radical (unpaired) electrons. The van der Waals surface area contributed by atoms with Crippen molar-refractivity contribution in [3.05, 3.63) is 102 Å². The Morgan fingerprint density at radius 2 is 1.38 bits per heavy atom. The normalized spacial score (nSPS) is 15.1. The fourth-order valence-electron chi connectivity index (χ4n) is 4.49. The van der Waals surface area contributed by atoms with Crippen LogP contribution in [0.1, 0.15) is 42.9 Å². The predicted octanol–water partition coefficient (Wildman–Crippen LogP) is 5.61. The molecule has 1 fully saturated rings. The molecule has 0 saturated carbocycles. The smallest absolute Gasteiger partial charge is 0.294 e. The van der Waals surface area contributed by atoms with Crippen LogP contribution in [-0.2, 0) is 15.5 Å². The summed E-state index contributed by atoms with van der Waals surface area (Å²) in [6.07, 6.45) is 3.39. The number of nitriles is 1. The molecule has 1 saturated heterocycles. The summed E-state index contributed by atoms with van der Waals surface area (Å²) in [6, 6.07) is 29.6. The molecule has 0 amide bonds. The number of likely N-dealkylation sites (tertiary alicyclic amines) is 1. The first-order valence-corrected chi connectivity index (χ1v) is 13.0. The average molecular weight is 477 g/mol. The van der Waals surface area contributed by atoms with Crippen molar-refractivity contribution in [3.63, 3.8) is 0 Å². The van der Waals surface area contributed by atoms with Crippen LogP contribution in [0.5, 0.6) is 0 Å². The topological polar surface area (TPSA) is 81.4 Å². The van der Waals surface area contributed by atoms with E-state index < -0.39 is 15.5 Å². The molecule has 1 aliphatic rings. The maximum atomic E-state index is 10.5. The van der Waals surface area contributed by atoms with E-state index in [-0.39, 0.29) is 4.90 Å². The Kier molecular flexibility index (Phi) is 8.62. The molecule has 1 atom stereocenters. The molecular formula is C28H32N2O3S. The summed E-state index contributed by atoms with van der Waals surface area (Å²) in [4.78, 5) is 2.46. The molecule has 3 aromatic rings. The molecule has 178 valence electrons. The summed E-state index contributed by atoms with van der Waals surface area (Å²) in [6.45, 7) is 6.43. The van der Waals surface area contributed by atoms with Crippen molar-refractivity contribution in [2.75, 3.05) is 13.1 Å². The van der Waals surface area contributed by atoms with Gasteiger partial charge in [0.15, 0.2) is 0 Å². The number of hydrogen-bond donors (Lipinski definition) is 1. The first-order valence-electron chi connectivity index (χ1n) is 11.6. The van der Waals surface area contributed by atoms with Gasteiger partial charge in [0, 0.05) is 6.04 Å². The average Bonchev–Trinajstić information content (AvgIpc) is 3.39. The SMILES string of the molecule is CC(CC(C#N)(c1ccccc1)c1ccccc1)N1CCCC1.Cc1ccc(S(=O)(=O)O)cc1. The Balaban J connectivity index is 0.000000248. The van der Waals surface area contributed by atoms with E-state index in [2.05, 4.69) is 42.2 Å². The first-order chi connectivity index (χ1) is 16.3. The van der Waals surface area contributed by atoms with Crippen molar-refractivity contribution in [2.24, 2.45) is 0 Å². The Labute approximate surface area is 203 Å². The van der Waals surface area contributed by atoms with Crippen LogP contribution in [0.4, 0.5) is 0 Å². The van der Waals surface area contributed by atoms with Gasteiger partial charge in [-0.15, -0.1) is 0 Å². The van der Waals surface area contributed by atoms with Crippen LogP contribution in [0.2, 0.25) is 0 Å². The third-order valence-electron chi connectivity index (χ3n) is 6.41. The lowest BCUT2D eigenvalue weighted by atomic mass is 9.71. The zero-order chi connectivity index (χ0) is 24.6. The summed E-state index contributed by atoms with van der Waals surface area (Å²) >= 11 is 0. The number of benzene rings is 3. The van der Waals surface area contributed by atoms with E-state index >= 15 is 0 Å². The summed E-state index contributed by atoms with van der Waals surface area (Å²) < 4.78 is 29.6. The van der Waals surface area contributed by atoms with E-state index in [0.29, 0.717) is 6.04 Å². The van der Waals surface area contributed by atoms with Crippen LogP contribution >= 0.6 is 0 Å². The first kappa shape index (κ1) is 25.6. The molecule has 5 nitrogen and oxygen atoms in total. The molecule has 4 rings (SSSR count). The van der Waals surface area contributed by atoms with Gasteiger partial charge < -0.3 is 4.90 Å². The number of rotatable bonds is 6. The maximum absolute atomic E-state index is 10.5. The molecule has 0 bridgehead atoms. The second-order valence-corrected chi connectivity index (χ2v) is 10.3. The van der Waals surface area contributed by atoms with Gasteiger partial charge in [0.05, 0.1) is 11.0 Å². The summed E-state index contributed by atoms with van der Waals surface area (Å²) in [5, 5.41) is 10.2. The lowest BCUT2D eigenvalue weighted by Gasteiger charge is -2.34. The summed E-state index contributed by atoms with van der Waals surface area (Å²) in [5.41, 5.74) is 2.57. The highest BCUT2D eigenvalue weighted by molar-refractivity contribution is 7.85. The van der Waals surface area contributed by atoms with E-state index in [4.69, 9.17) is 4.55 Å². The van der Waals surface area contributed by atoms with Gasteiger partial charge in [-0.05, 0) is 69.5 Å². The fourth-order valence-corrected chi connectivity index (χ4v) is 4.97. The van der Waals surface area contributed by atoms with E-state index in [1.165, 1.54) is 25.0 Å². The van der Waals surface area contributed by atoms with E-state index in [1.54, 1.807) is 12.1 Å². The van der Waals surface area contributed by atoms with Crippen molar-refractivity contribution in [1.82, 2.24) is 4.90 Å². The van der Waals surface area contributed by atoms with Gasteiger partial charge in [0.2, 0.25) is 0 Å². The summed E-state index contributed by atoms with van der Waals surface area (Å²) in [5.74, 6) is 0. The van der Waals surface area contributed by atoms with E-state index in [0.717, 1.165) is 36.2 Å². The lowest BCUT2D eigenvalue weighted by Crippen LogP contribution is -2.38. The Morgan fingerprint density at radius 3 is 1.79 bits per heavy atom. The number of nitrogens with zero attached hydrogens (tertiary/aromatic N) is 2. The lowest BCUT2D eigenvalue weighted by molar-refractivity contribution is 0.230. The summed E-state index contributed by atoms with van der Waals surface area (Å²) in [7, 11) is -4.02. The minimum Gasteiger partial charge on any atom is -0.301 e. The van der Waals surface area contributed by atoms with Crippen molar-refractivity contribution >= 4 is 10.1 Å². The van der Waals surface area contributed by atoms with Crippen molar-refractivity contribution in [1.29, 1.82) is 5.26 Å². The fraction of sp³-hybridized carbons (Fsp3) is 0.321. The maximum Gasteiger partial charge on any atom is 0.294 e. The van der Waals surface area contributed by atoms with Crippen LogP contribution < -0.4 is 0 Å². The van der Waals surface area contributed by atoms with Gasteiger partial charge in [-0.2, -0.15) is 13.7 Å². The molecule has 6 heteroatoms. The van der Waals surface area contributed by atoms with Gasteiger partial charge in [-0.25, -0.2) is 0 Å². The van der Waals surface area contributed by atoms with Crippen LogP contribution in [0.3, 0.4) is 0 Å². The second-order valence-electron chi connectivity index (χ2n) is 8.83. The zero-order valence-electron chi connectivity index (χ0n) is 19.8. The third kappa shape index (κ3) is 6.32. The highest BCUT2D eigenvalue weighted by Gasteiger charge is 2.37. The molecular weight excluding hydrogens is 444 g/mol. The molecule has 0 aliphatic carbocycles. The number of aryl methyl sites for hydroxylation is 1. The molecule has 34 heavy (non-hydrogen) atoms. The highest BCUT2D eigenvalue weighted by Crippen LogP contribution is 2.37. The van der Waals surface area contributed by atoms with Gasteiger partial charge in [0.25, 0.3) is 10.1 Å². The Morgan fingerprint density at radius 1 is 0.912 bits per heavy atom. The minimum atomic E-state index is -4.02. The van der Waals surface area contributed by atoms with Gasteiger partial charge in [-0.3, -0.25) is 4.55 Å². The predicted molar refractivity (Wildman–Crippen MR) is 135 cm³/mol. The molecule has 1 heterocycles. The van der Waals surface area contributed by atoms with Crippen LogP contribution in [0, 0.1) is 18.3 Å². The molecule has 0 aromatic heterocycles. The Bertz CT molecular complexity index is 1140. The molecule has 1 aliphatic heterocycles. The van der Waals surface area contributed by atoms with E-state index in [9.17, 15) is 13.7 Å². The van der Waals surface area contributed by atoms with Gasteiger partial charge in [-0.1, -0.05) is 78.4 Å². The van der Waals surface area contributed by atoms with Crippen molar-refractivity contribution in [3.8, 4) is 6.07 Å². The molecule has 0 spiro atoms. The second kappa shape index (κ2) is 11.4. The van der Waals surface area contributed by atoms with Crippen LogP contribution in [0.15, 0.2) is 89.8 Å². The number of hydrogen-bond acceptors (Lipinski definition) is 4. The quantitative estimate of drug-likeness (QED) is 0.468. The Hall–Kier alpha value is -2.98. The van der Waals surface area contributed by atoms with Crippen LogP contribution in [0.25, 0.3) is 0 Å². The van der Waals surface area contributed by atoms with Crippen LogP contribution in [-0.4, -0.2) is 37.0 Å². The largest absolute Gasteiger partial charge is 0.301 e. The minimum absolute atomic E-state index is 0.0666. The third-order valence-corrected chi connectivity index (χ3v) is 7.28. The standard InChI is InChI=1S/C21H24N2.C7H8O3S/c1-18(23-14-8-9-15-23)16-21(17-22,19-10-4-2-5-11-19)20-12-6-3-7-13-20;1-6-2-4-7(5-3-6)11(8,9)10/h2-7,10-13,18H,8-9,14-16H2,1H3;2-5H,1H3,(H,8,9,10). The van der Waals surface area contributed by atoms with E-state index in [1.807, 2.05) is 43.3 Å². The molecule has 3 aromatic carbocycles. The molecule has 1 unspecified atom stereocenters. The molecule has 1 N–H and O–H groups in total. The zero-order valence-corrected chi connectivity index (χ0v) is 20.6. The van der Waals surface area contributed by atoms with Crippen molar-refractivity contribution in [2.45, 2.75) is 49.5 Å². The van der Waals surface area contributed by atoms with Gasteiger partial charge in [0.1, 0.15) is 5.41 Å². The highest BCUT2D eigenvalue weighted by atomic mass is 32.2. The van der Waals surface area contributed by atoms with Crippen molar-refractivity contribution < 1.29 is 13.0 Å².